The standard InChI is InChI=1S/C33H30O2/c1-7-11-26-22(8-2)24-16-14-20(18-28(24)32(26,3)4)30(34)31(35)21-15-17-25-23-12-9-10-13-27(23)33(5,6)29(25)19-21/h7-19H,2H2,1,3-6H3/b11-7-. The van der Waals surface area contributed by atoms with Gasteiger partial charge >= 0.3 is 0 Å². The lowest BCUT2D eigenvalue weighted by molar-refractivity contribution is 0.0817. The van der Waals surface area contributed by atoms with Gasteiger partial charge in [-0.3, -0.25) is 9.59 Å². The van der Waals surface area contributed by atoms with Crippen LogP contribution in [0.1, 0.15) is 77.6 Å². The molecule has 5 rings (SSSR count). The van der Waals surface area contributed by atoms with Gasteiger partial charge in [-0.25, -0.2) is 0 Å². The van der Waals surface area contributed by atoms with Gasteiger partial charge in [-0.05, 0) is 63.6 Å². The van der Waals surface area contributed by atoms with Crippen molar-refractivity contribution in [1.82, 2.24) is 0 Å². The molecule has 0 bridgehead atoms. The minimum absolute atomic E-state index is 0.223. The molecule has 0 amide bonds. The molecule has 0 radical (unpaired) electrons. The van der Waals surface area contributed by atoms with E-state index in [0.29, 0.717) is 11.1 Å². The minimum Gasteiger partial charge on any atom is -0.285 e. The molecule has 174 valence electrons. The fourth-order valence-electron chi connectivity index (χ4n) is 5.86. The Balaban J connectivity index is 1.52. The van der Waals surface area contributed by atoms with E-state index >= 15 is 0 Å². The fraction of sp³-hybridized carbons (Fsp3) is 0.212. The first kappa shape index (κ1) is 23.0. The highest BCUT2D eigenvalue weighted by Crippen LogP contribution is 2.49. The van der Waals surface area contributed by atoms with Crippen LogP contribution < -0.4 is 0 Å². The zero-order valence-corrected chi connectivity index (χ0v) is 21.0. The van der Waals surface area contributed by atoms with Crippen molar-refractivity contribution in [1.29, 1.82) is 0 Å². The van der Waals surface area contributed by atoms with Gasteiger partial charge < -0.3 is 0 Å². The Labute approximate surface area is 207 Å². The Morgan fingerprint density at radius 2 is 1.26 bits per heavy atom. The maximum Gasteiger partial charge on any atom is 0.233 e. The van der Waals surface area contributed by atoms with E-state index in [1.807, 2.05) is 55.5 Å². The lowest BCUT2D eigenvalue weighted by Crippen LogP contribution is -2.20. The molecule has 0 saturated heterocycles. The summed E-state index contributed by atoms with van der Waals surface area (Å²) in [5, 5.41) is 0. The quantitative estimate of drug-likeness (QED) is 0.288. The highest BCUT2D eigenvalue weighted by Gasteiger charge is 2.38. The first-order valence-corrected chi connectivity index (χ1v) is 12.1. The summed E-state index contributed by atoms with van der Waals surface area (Å²) in [6.07, 6.45) is 6.00. The van der Waals surface area contributed by atoms with E-state index < -0.39 is 11.6 Å². The molecule has 0 atom stereocenters. The molecule has 3 aromatic rings. The van der Waals surface area contributed by atoms with E-state index in [1.54, 1.807) is 12.1 Å². The summed E-state index contributed by atoms with van der Waals surface area (Å²) < 4.78 is 0. The van der Waals surface area contributed by atoms with Crippen LogP contribution in [0.15, 0.2) is 91.0 Å². The molecule has 2 aliphatic rings. The van der Waals surface area contributed by atoms with Crippen LogP contribution in [-0.2, 0) is 10.8 Å². The average molecular weight is 459 g/mol. The molecule has 0 heterocycles. The maximum absolute atomic E-state index is 13.4. The van der Waals surface area contributed by atoms with Crippen LogP contribution in [0.25, 0.3) is 16.7 Å². The number of benzene rings is 3. The van der Waals surface area contributed by atoms with Crippen LogP contribution in [-0.4, -0.2) is 11.6 Å². The number of carbonyl (C=O) groups excluding carboxylic acids is 2. The van der Waals surface area contributed by atoms with Crippen molar-refractivity contribution in [3.05, 3.63) is 124 Å². The topological polar surface area (TPSA) is 34.1 Å². The summed E-state index contributed by atoms with van der Waals surface area (Å²) in [4.78, 5) is 26.8. The summed E-state index contributed by atoms with van der Waals surface area (Å²) in [6.45, 7) is 14.6. The fourth-order valence-corrected chi connectivity index (χ4v) is 5.86. The van der Waals surface area contributed by atoms with Gasteiger partial charge in [0.05, 0.1) is 0 Å². The van der Waals surface area contributed by atoms with Crippen molar-refractivity contribution < 1.29 is 9.59 Å². The third-order valence-corrected chi connectivity index (χ3v) is 7.80. The smallest absolute Gasteiger partial charge is 0.233 e. The Hall–Kier alpha value is -3.78. The van der Waals surface area contributed by atoms with Crippen LogP contribution in [0.5, 0.6) is 0 Å². The van der Waals surface area contributed by atoms with Gasteiger partial charge in [0.2, 0.25) is 11.6 Å². The first-order valence-electron chi connectivity index (χ1n) is 12.1. The Bertz CT molecular complexity index is 1490. The van der Waals surface area contributed by atoms with Crippen LogP contribution in [0, 0.1) is 0 Å². The molecule has 2 nitrogen and oxygen atoms in total. The number of Topliss-reactive ketones (excluding diaryl/α,β-unsaturated/α-hetero) is 2. The molecule has 35 heavy (non-hydrogen) atoms. The molecule has 2 aliphatic carbocycles. The normalized spacial score (nSPS) is 16.7. The van der Waals surface area contributed by atoms with Crippen molar-refractivity contribution in [2.75, 3.05) is 0 Å². The molecule has 0 aliphatic heterocycles. The highest BCUT2D eigenvalue weighted by molar-refractivity contribution is 6.49. The summed E-state index contributed by atoms with van der Waals surface area (Å²) in [7, 11) is 0. The second-order valence-electron chi connectivity index (χ2n) is 10.5. The molecule has 0 unspecified atom stereocenters. The number of carbonyl (C=O) groups is 2. The van der Waals surface area contributed by atoms with E-state index in [0.717, 1.165) is 27.8 Å². The number of allylic oxidation sites excluding steroid dienone is 5. The second kappa shape index (κ2) is 7.88. The van der Waals surface area contributed by atoms with Crippen molar-refractivity contribution in [2.24, 2.45) is 0 Å². The molecule has 0 spiro atoms. The van der Waals surface area contributed by atoms with Gasteiger partial charge in [-0.1, -0.05) is 101 Å². The van der Waals surface area contributed by atoms with Crippen molar-refractivity contribution in [3.8, 4) is 11.1 Å². The van der Waals surface area contributed by atoms with Gasteiger partial charge in [0.1, 0.15) is 0 Å². The molecule has 0 aromatic heterocycles. The van der Waals surface area contributed by atoms with Gasteiger partial charge in [0.15, 0.2) is 0 Å². The van der Waals surface area contributed by atoms with E-state index in [2.05, 4.69) is 52.5 Å². The van der Waals surface area contributed by atoms with Crippen LogP contribution in [0.4, 0.5) is 0 Å². The second-order valence-corrected chi connectivity index (χ2v) is 10.5. The lowest BCUT2D eigenvalue weighted by atomic mass is 9.80. The lowest BCUT2D eigenvalue weighted by Gasteiger charge is -2.23. The highest BCUT2D eigenvalue weighted by atomic mass is 16.2. The van der Waals surface area contributed by atoms with E-state index in [-0.39, 0.29) is 10.8 Å². The maximum atomic E-state index is 13.4. The summed E-state index contributed by atoms with van der Waals surface area (Å²) in [5.74, 6) is -0.947. The molecule has 2 heteroatoms. The first-order chi connectivity index (χ1) is 16.6. The molecule has 3 aromatic carbocycles. The van der Waals surface area contributed by atoms with Gasteiger partial charge in [0, 0.05) is 22.0 Å². The summed E-state index contributed by atoms with van der Waals surface area (Å²) in [6, 6.07) is 19.6. The zero-order valence-electron chi connectivity index (χ0n) is 21.0. The van der Waals surface area contributed by atoms with Crippen molar-refractivity contribution >= 4 is 17.1 Å². The monoisotopic (exact) mass is 458 g/mol. The Kier molecular flexibility index (Phi) is 5.18. The van der Waals surface area contributed by atoms with Gasteiger partial charge in [0.25, 0.3) is 0 Å². The summed E-state index contributed by atoms with van der Waals surface area (Å²) in [5.41, 5.74) is 9.38. The third-order valence-electron chi connectivity index (χ3n) is 7.80. The van der Waals surface area contributed by atoms with Crippen LogP contribution in [0.2, 0.25) is 0 Å². The average Bonchev–Trinajstić information content (AvgIpc) is 3.22. The number of fused-ring (bicyclic) bond motifs is 4. The molecular formula is C33H30O2. The minimum atomic E-state index is -0.475. The third kappa shape index (κ3) is 3.24. The van der Waals surface area contributed by atoms with E-state index in [4.69, 9.17) is 0 Å². The predicted octanol–water partition coefficient (Wildman–Crippen LogP) is 7.87. The van der Waals surface area contributed by atoms with E-state index in [9.17, 15) is 9.59 Å². The zero-order chi connectivity index (χ0) is 25.1. The van der Waals surface area contributed by atoms with Crippen molar-refractivity contribution in [2.45, 2.75) is 45.4 Å². The Morgan fingerprint density at radius 3 is 1.86 bits per heavy atom. The van der Waals surface area contributed by atoms with E-state index in [1.165, 1.54) is 16.7 Å². The molecule has 0 N–H and O–H groups in total. The molecule has 0 fully saturated rings. The van der Waals surface area contributed by atoms with Gasteiger partial charge in [-0.15, -0.1) is 0 Å². The van der Waals surface area contributed by atoms with Crippen LogP contribution >= 0.6 is 0 Å². The number of ketones is 2. The predicted molar refractivity (Wildman–Crippen MR) is 144 cm³/mol. The molecular weight excluding hydrogens is 428 g/mol. The van der Waals surface area contributed by atoms with Crippen LogP contribution in [0.3, 0.4) is 0 Å². The largest absolute Gasteiger partial charge is 0.285 e. The number of rotatable bonds is 5. The number of hydrogen-bond acceptors (Lipinski definition) is 2. The summed E-state index contributed by atoms with van der Waals surface area (Å²) >= 11 is 0. The molecule has 0 saturated carbocycles. The SMILES string of the molecule is C=CC1=C(/C=C\C)C(C)(C)c2cc(C(=O)C(=O)c3ccc4c(c3)C(C)(C)c3ccccc3-4)ccc21. The Morgan fingerprint density at radius 1 is 0.714 bits per heavy atom. The van der Waals surface area contributed by atoms with Crippen molar-refractivity contribution in [3.63, 3.8) is 0 Å². The van der Waals surface area contributed by atoms with Gasteiger partial charge in [-0.2, -0.15) is 0 Å². The number of hydrogen-bond donors (Lipinski definition) is 0.